The summed E-state index contributed by atoms with van der Waals surface area (Å²) in [6.07, 6.45) is 1.00. The predicted molar refractivity (Wildman–Crippen MR) is 105 cm³/mol. The third-order valence-electron chi connectivity index (χ3n) is 4.65. The molecule has 156 valence electrons. The Hall–Kier alpha value is -3.95. The van der Waals surface area contributed by atoms with E-state index in [-0.39, 0.29) is 29.5 Å². The van der Waals surface area contributed by atoms with Gasteiger partial charge in [-0.1, -0.05) is 36.1 Å². The van der Waals surface area contributed by atoms with Gasteiger partial charge in [0.1, 0.15) is 11.7 Å². The maximum absolute atomic E-state index is 12.6. The number of nitro groups is 1. The van der Waals surface area contributed by atoms with Crippen molar-refractivity contribution in [1.29, 1.82) is 0 Å². The fourth-order valence-electron chi connectivity index (χ4n) is 3.24. The molecule has 0 saturated carbocycles. The summed E-state index contributed by atoms with van der Waals surface area (Å²) in [7, 11) is 0. The van der Waals surface area contributed by atoms with Crippen molar-refractivity contribution in [3.05, 3.63) is 63.7 Å². The monoisotopic (exact) mass is 411 g/mol. The normalized spacial score (nSPS) is 18.2. The first-order chi connectivity index (χ1) is 14.4. The van der Waals surface area contributed by atoms with Crippen LogP contribution in [0.4, 0.5) is 5.69 Å². The maximum atomic E-state index is 12.6. The molecule has 0 spiro atoms. The highest BCUT2D eigenvalue weighted by atomic mass is 16.6. The highest BCUT2D eigenvalue weighted by Gasteiger charge is 2.40. The molecule has 2 aromatic carbocycles. The number of nitrogens with zero attached hydrogens (tertiary/aromatic N) is 2. The predicted octanol–water partition coefficient (Wildman–Crippen LogP) is 1.05. The van der Waals surface area contributed by atoms with E-state index in [0.29, 0.717) is 6.54 Å². The summed E-state index contributed by atoms with van der Waals surface area (Å²) in [5.41, 5.74) is 2.62. The van der Waals surface area contributed by atoms with Crippen LogP contribution in [0.5, 0.6) is 11.5 Å². The van der Waals surface area contributed by atoms with E-state index in [9.17, 15) is 24.8 Å². The molecule has 0 bridgehead atoms. The van der Waals surface area contributed by atoms with Gasteiger partial charge in [-0.3, -0.25) is 19.7 Å². The highest BCUT2D eigenvalue weighted by molar-refractivity contribution is 6.03. The number of hydrazone groups is 1. The fourth-order valence-corrected chi connectivity index (χ4v) is 3.24. The minimum Gasteiger partial charge on any atom is -0.870 e. The number of benzene rings is 2. The third kappa shape index (κ3) is 4.37. The summed E-state index contributed by atoms with van der Waals surface area (Å²) in [6.45, 7) is 2.11. The smallest absolute Gasteiger partial charge is 0.273 e. The number of rotatable bonds is 7. The van der Waals surface area contributed by atoms with E-state index in [2.05, 4.69) is 15.8 Å². The summed E-state index contributed by atoms with van der Waals surface area (Å²) in [5, 5.41) is 29.8. The lowest BCUT2D eigenvalue weighted by Crippen LogP contribution is -2.34. The van der Waals surface area contributed by atoms with Crippen LogP contribution in [0.3, 0.4) is 0 Å². The van der Waals surface area contributed by atoms with Gasteiger partial charge in [0.2, 0.25) is 5.91 Å². The van der Waals surface area contributed by atoms with Crippen molar-refractivity contribution >= 4 is 23.7 Å². The quantitative estimate of drug-likeness (QED) is 0.301. The van der Waals surface area contributed by atoms with Crippen molar-refractivity contribution in [2.75, 3.05) is 13.2 Å². The number of hydrogen-bond acceptors (Lipinski definition) is 7. The lowest BCUT2D eigenvalue weighted by molar-refractivity contribution is -0.385. The number of non-ortho nitro benzene ring substituents is 1. The lowest BCUT2D eigenvalue weighted by Gasteiger charge is -2.17. The van der Waals surface area contributed by atoms with Crippen LogP contribution in [0.15, 0.2) is 47.6 Å². The Balaban J connectivity index is 1.78. The molecule has 3 rings (SSSR count). The van der Waals surface area contributed by atoms with Gasteiger partial charge in [0.25, 0.3) is 11.6 Å². The molecule has 2 aromatic rings. The second kappa shape index (κ2) is 9.03. The van der Waals surface area contributed by atoms with Crippen molar-refractivity contribution < 1.29 is 24.4 Å². The van der Waals surface area contributed by atoms with E-state index >= 15 is 0 Å². The molecule has 2 amide bonds. The molecule has 1 heterocycles. The summed E-state index contributed by atoms with van der Waals surface area (Å²) in [6, 6.07) is 11.2. The molecule has 30 heavy (non-hydrogen) atoms. The van der Waals surface area contributed by atoms with Crippen molar-refractivity contribution in [2.45, 2.75) is 12.8 Å². The summed E-state index contributed by atoms with van der Waals surface area (Å²) < 4.78 is 5.14. The second-order valence-electron chi connectivity index (χ2n) is 6.53. The fraction of sp³-hybridized carbons (Fsp3) is 0.250. The minimum absolute atomic E-state index is 0.122. The largest absolute Gasteiger partial charge is 0.870 e. The Bertz CT molecular complexity index is 992. The van der Waals surface area contributed by atoms with Crippen LogP contribution < -0.4 is 20.6 Å². The number of amides is 2. The van der Waals surface area contributed by atoms with Gasteiger partial charge >= 0.3 is 0 Å². The molecule has 1 aliphatic rings. The maximum Gasteiger partial charge on any atom is 0.273 e. The summed E-state index contributed by atoms with van der Waals surface area (Å²) >= 11 is 0. The van der Waals surface area contributed by atoms with Gasteiger partial charge in [0.05, 0.1) is 23.8 Å². The standard InChI is InChI=1S/C20H20N4O6/c1-2-30-16-9-14(24(28)29)8-13(18(16)25)10-22-23-20(27)17-15(11-21-19(17)26)12-6-4-3-5-7-12/h3-10,15,17,25H,2,11H2,1H3,(H,21,26)(H,23,27)/p-1/b22-10+/t15-,17-/m1/s1. The van der Waals surface area contributed by atoms with Crippen molar-refractivity contribution in [3.8, 4) is 11.5 Å². The zero-order chi connectivity index (χ0) is 21.7. The summed E-state index contributed by atoms with van der Waals surface area (Å²) in [4.78, 5) is 35.1. The average Bonchev–Trinajstić information content (AvgIpc) is 3.12. The van der Waals surface area contributed by atoms with Crippen molar-refractivity contribution in [2.24, 2.45) is 11.0 Å². The average molecular weight is 411 g/mol. The highest BCUT2D eigenvalue weighted by Crippen LogP contribution is 2.32. The summed E-state index contributed by atoms with van der Waals surface area (Å²) in [5.74, 6) is -3.18. The third-order valence-corrected chi connectivity index (χ3v) is 4.65. The zero-order valence-corrected chi connectivity index (χ0v) is 16.0. The number of nitro benzene ring substituents is 1. The molecule has 2 atom stereocenters. The Morgan fingerprint density at radius 1 is 1.37 bits per heavy atom. The first-order valence-electron chi connectivity index (χ1n) is 9.20. The van der Waals surface area contributed by atoms with Crippen molar-refractivity contribution in [3.63, 3.8) is 0 Å². The Labute approximate surface area is 171 Å². The SMILES string of the molecule is CCOc1cc([N+](=O)[O-])cc(/C=N/NC(=O)[C@H]2C(=O)NC[C@@H]2c2ccccc2)c1[O-]. The second-order valence-corrected chi connectivity index (χ2v) is 6.53. The molecule has 2 N–H and O–H groups in total. The molecule has 0 unspecified atom stereocenters. The number of carbonyl (C=O) groups is 2. The van der Waals surface area contributed by atoms with Crippen LogP contribution in [0, 0.1) is 16.0 Å². The Kier molecular flexibility index (Phi) is 6.26. The van der Waals surface area contributed by atoms with Gasteiger partial charge in [-0.2, -0.15) is 5.10 Å². The van der Waals surface area contributed by atoms with Gasteiger partial charge in [-0.15, -0.1) is 0 Å². The molecule has 0 aromatic heterocycles. The van der Waals surface area contributed by atoms with Crippen LogP contribution in [-0.2, 0) is 9.59 Å². The number of hydrogen-bond donors (Lipinski definition) is 2. The van der Waals surface area contributed by atoms with E-state index in [0.717, 1.165) is 23.9 Å². The number of ether oxygens (including phenoxy) is 1. The van der Waals surface area contributed by atoms with Gasteiger partial charge in [-0.25, -0.2) is 5.43 Å². The van der Waals surface area contributed by atoms with Gasteiger partial charge < -0.3 is 15.2 Å². The molecule has 10 nitrogen and oxygen atoms in total. The minimum atomic E-state index is -0.986. The van der Waals surface area contributed by atoms with Crippen molar-refractivity contribution in [1.82, 2.24) is 10.7 Å². The molecule has 1 aliphatic heterocycles. The van der Waals surface area contributed by atoms with Gasteiger partial charge in [0.15, 0.2) is 0 Å². The van der Waals surface area contributed by atoms with Crippen LogP contribution in [0.25, 0.3) is 0 Å². The Morgan fingerprint density at radius 3 is 2.77 bits per heavy atom. The van der Waals surface area contributed by atoms with E-state index in [1.807, 2.05) is 30.3 Å². The first kappa shape index (κ1) is 20.8. The van der Waals surface area contributed by atoms with E-state index in [1.54, 1.807) is 6.92 Å². The zero-order valence-electron chi connectivity index (χ0n) is 16.0. The van der Waals surface area contributed by atoms with E-state index in [1.165, 1.54) is 0 Å². The molecule has 10 heteroatoms. The van der Waals surface area contributed by atoms with E-state index < -0.39 is 28.4 Å². The van der Waals surface area contributed by atoms with Crippen LogP contribution >= 0.6 is 0 Å². The molecular formula is C20H19N4O6-. The van der Waals surface area contributed by atoms with Crippen LogP contribution in [-0.4, -0.2) is 36.1 Å². The Morgan fingerprint density at radius 2 is 2.10 bits per heavy atom. The number of carbonyl (C=O) groups excluding carboxylic acids is 2. The first-order valence-corrected chi connectivity index (χ1v) is 9.20. The molecule has 1 saturated heterocycles. The van der Waals surface area contributed by atoms with Gasteiger partial charge in [0, 0.05) is 18.5 Å². The van der Waals surface area contributed by atoms with Crippen LogP contribution in [0.1, 0.15) is 24.0 Å². The topological polar surface area (TPSA) is 146 Å². The molecule has 0 aliphatic carbocycles. The lowest BCUT2D eigenvalue weighted by atomic mass is 9.88. The molecular weight excluding hydrogens is 392 g/mol. The van der Waals surface area contributed by atoms with Crippen LogP contribution in [0.2, 0.25) is 0 Å². The van der Waals surface area contributed by atoms with E-state index in [4.69, 9.17) is 4.74 Å². The number of nitrogens with one attached hydrogen (secondary N) is 2. The van der Waals surface area contributed by atoms with Gasteiger partial charge in [-0.05, 0) is 18.1 Å². The molecule has 1 fully saturated rings. The molecule has 0 radical (unpaired) electrons.